The number of hydrogen-bond acceptors (Lipinski definition) is 2. The van der Waals surface area contributed by atoms with Gasteiger partial charge in [0.15, 0.2) is 5.79 Å². The van der Waals surface area contributed by atoms with Gasteiger partial charge in [-0.1, -0.05) is 146 Å². The largest absolute Gasteiger partial charge is 0.344 e. The van der Waals surface area contributed by atoms with Crippen molar-refractivity contribution in [1.29, 1.82) is 0 Å². The summed E-state index contributed by atoms with van der Waals surface area (Å²) in [4.78, 5) is 0. The average molecular weight is 639 g/mol. The number of fused-ring (bicyclic) bond motifs is 1. The molecule has 0 aromatic carbocycles. The fraction of sp³-hybridized carbons (Fsp3) is 0.818. The van der Waals surface area contributed by atoms with Gasteiger partial charge in [0.05, 0.1) is 12.2 Å². The minimum absolute atomic E-state index is 0.288. The fourth-order valence-electron chi connectivity index (χ4n) is 7.27. The normalized spacial score (nSPS) is 21.5. The Hall–Kier alpha value is -1.12. The number of hydrogen-bond donors (Lipinski definition) is 0. The number of unbranched alkanes of at least 4 members (excludes halogenated alkanes) is 18. The highest BCUT2D eigenvalue weighted by atomic mass is 16.8. The molecule has 1 saturated carbocycles. The third-order valence-electron chi connectivity index (χ3n) is 10.2. The van der Waals surface area contributed by atoms with Crippen LogP contribution in [0.3, 0.4) is 0 Å². The Morgan fingerprint density at radius 1 is 0.457 bits per heavy atom. The molecule has 266 valence electrons. The maximum absolute atomic E-state index is 6.82. The molecule has 0 spiro atoms. The molecular formula is C44H78O2. The molecule has 46 heavy (non-hydrogen) atoms. The molecule has 2 rings (SSSR count). The molecule has 3 atom stereocenters. The quantitative estimate of drug-likeness (QED) is 0.0575. The third-order valence-corrected chi connectivity index (χ3v) is 10.2. The van der Waals surface area contributed by atoms with Gasteiger partial charge in [-0.15, -0.1) is 0 Å². The summed E-state index contributed by atoms with van der Waals surface area (Å²) in [6, 6.07) is 0. The second-order valence-electron chi connectivity index (χ2n) is 14.8. The van der Waals surface area contributed by atoms with Crippen molar-refractivity contribution in [3.8, 4) is 0 Å². The molecule has 0 bridgehead atoms. The summed E-state index contributed by atoms with van der Waals surface area (Å²) in [5.74, 6) is 0.494. The van der Waals surface area contributed by atoms with Crippen LogP contribution < -0.4 is 0 Å². The second-order valence-corrected chi connectivity index (χ2v) is 14.8. The first-order valence-corrected chi connectivity index (χ1v) is 20.6. The topological polar surface area (TPSA) is 18.5 Å². The smallest absolute Gasteiger partial charge is 0.169 e. The lowest BCUT2D eigenvalue weighted by atomic mass is 9.87. The molecule has 2 fully saturated rings. The van der Waals surface area contributed by atoms with Gasteiger partial charge < -0.3 is 9.47 Å². The van der Waals surface area contributed by atoms with Crippen molar-refractivity contribution in [2.24, 2.45) is 5.92 Å². The lowest BCUT2D eigenvalue weighted by molar-refractivity contribution is -0.186. The van der Waals surface area contributed by atoms with E-state index in [1.807, 2.05) is 0 Å². The molecule has 0 amide bonds. The monoisotopic (exact) mass is 639 g/mol. The van der Waals surface area contributed by atoms with Crippen LogP contribution in [0.1, 0.15) is 207 Å². The molecule has 2 aliphatic rings. The van der Waals surface area contributed by atoms with E-state index in [0.29, 0.717) is 12.2 Å². The molecule has 0 aromatic heterocycles. The van der Waals surface area contributed by atoms with Crippen LogP contribution in [0.5, 0.6) is 0 Å². The van der Waals surface area contributed by atoms with E-state index in [1.165, 1.54) is 161 Å². The van der Waals surface area contributed by atoms with E-state index in [0.717, 1.165) is 31.6 Å². The van der Waals surface area contributed by atoms with Gasteiger partial charge in [0.1, 0.15) is 0 Å². The van der Waals surface area contributed by atoms with Gasteiger partial charge in [0, 0.05) is 12.8 Å². The zero-order valence-electron chi connectivity index (χ0n) is 31.2. The summed E-state index contributed by atoms with van der Waals surface area (Å²) in [7, 11) is 0. The first kappa shape index (κ1) is 41.1. The summed E-state index contributed by atoms with van der Waals surface area (Å²) in [5.41, 5.74) is 0. The summed E-state index contributed by atoms with van der Waals surface area (Å²) in [6.45, 7) is 6.94. The zero-order chi connectivity index (χ0) is 32.8. The van der Waals surface area contributed by atoms with Crippen molar-refractivity contribution < 1.29 is 9.47 Å². The van der Waals surface area contributed by atoms with Crippen molar-refractivity contribution >= 4 is 0 Å². The molecule has 1 aliphatic heterocycles. The minimum Gasteiger partial charge on any atom is -0.344 e. The van der Waals surface area contributed by atoms with Crippen LogP contribution in [0.4, 0.5) is 0 Å². The fourth-order valence-corrected chi connectivity index (χ4v) is 7.27. The number of ether oxygens (including phenoxy) is 2. The van der Waals surface area contributed by atoms with Crippen LogP contribution >= 0.6 is 0 Å². The maximum atomic E-state index is 6.82. The minimum atomic E-state index is -0.288. The average Bonchev–Trinajstić information content (AvgIpc) is 3.41. The van der Waals surface area contributed by atoms with Crippen LogP contribution in [-0.4, -0.2) is 18.0 Å². The predicted molar refractivity (Wildman–Crippen MR) is 203 cm³/mol. The van der Waals surface area contributed by atoms with E-state index in [1.54, 1.807) is 0 Å². The Kier molecular flexibility index (Phi) is 25.7. The van der Waals surface area contributed by atoms with Crippen LogP contribution in [0, 0.1) is 5.92 Å². The van der Waals surface area contributed by atoms with Crippen molar-refractivity contribution in [2.45, 2.75) is 225 Å². The summed E-state index contributed by atoms with van der Waals surface area (Å²) >= 11 is 0. The molecule has 2 heteroatoms. The number of rotatable bonds is 30. The molecule has 1 saturated heterocycles. The highest BCUT2D eigenvalue weighted by molar-refractivity contribution is 4.94. The van der Waals surface area contributed by atoms with E-state index in [2.05, 4.69) is 69.4 Å². The van der Waals surface area contributed by atoms with Crippen LogP contribution in [0.2, 0.25) is 0 Å². The molecule has 1 heterocycles. The van der Waals surface area contributed by atoms with Gasteiger partial charge in [0.2, 0.25) is 0 Å². The molecular weight excluding hydrogens is 560 g/mol. The Bertz CT molecular complexity index is 744. The first-order chi connectivity index (χ1) is 22.7. The summed E-state index contributed by atoms with van der Waals surface area (Å²) in [6.07, 6.45) is 56.7. The van der Waals surface area contributed by atoms with Crippen molar-refractivity contribution in [3.63, 3.8) is 0 Å². The molecule has 0 radical (unpaired) electrons. The molecule has 1 aliphatic carbocycles. The van der Waals surface area contributed by atoms with E-state index in [4.69, 9.17) is 9.47 Å². The van der Waals surface area contributed by atoms with Gasteiger partial charge in [0.25, 0.3) is 0 Å². The van der Waals surface area contributed by atoms with Crippen LogP contribution in [-0.2, 0) is 9.47 Å². The summed E-state index contributed by atoms with van der Waals surface area (Å²) in [5, 5.41) is 0. The summed E-state index contributed by atoms with van der Waals surface area (Å²) < 4.78 is 13.6. The van der Waals surface area contributed by atoms with Gasteiger partial charge in [-0.25, -0.2) is 0 Å². The van der Waals surface area contributed by atoms with E-state index >= 15 is 0 Å². The van der Waals surface area contributed by atoms with Crippen molar-refractivity contribution in [3.05, 3.63) is 48.6 Å². The van der Waals surface area contributed by atoms with Gasteiger partial charge in [-0.2, -0.15) is 0 Å². The molecule has 0 N–H and O–H groups in total. The Balaban J connectivity index is 1.53. The maximum Gasteiger partial charge on any atom is 0.169 e. The lowest BCUT2D eigenvalue weighted by Gasteiger charge is -2.28. The van der Waals surface area contributed by atoms with E-state index < -0.39 is 0 Å². The Labute approximate surface area is 288 Å². The first-order valence-electron chi connectivity index (χ1n) is 20.6. The zero-order valence-corrected chi connectivity index (χ0v) is 31.2. The van der Waals surface area contributed by atoms with Crippen molar-refractivity contribution in [2.75, 3.05) is 0 Å². The van der Waals surface area contributed by atoms with Crippen LogP contribution in [0.25, 0.3) is 0 Å². The Morgan fingerprint density at radius 2 is 0.848 bits per heavy atom. The lowest BCUT2D eigenvalue weighted by Crippen LogP contribution is -2.31. The Morgan fingerprint density at radius 3 is 1.30 bits per heavy atom. The second kappa shape index (κ2) is 28.9. The third kappa shape index (κ3) is 21.0. The molecule has 0 aromatic rings. The van der Waals surface area contributed by atoms with E-state index in [-0.39, 0.29) is 5.79 Å². The van der Waals surface area contributed by atoms with Crippen LogP contribution in [0.15, 0.2) is 48.6 Å². The van der Waals surface area contributed by atoms with Gasteiger partial charge in [-0.3, -0.25) is 0 Å². The van der Waals surface area contributed by atoms with Crippen molar-refractivity contribution in [1.82, 2.24) is 0 Å². The highest BCUT2D eigenvalue weighted by Crippen LogP contribution is 2.44. The van der Waals surface area contributed by atoms with E-state index in [9.17, 15) is 0 Å². The SMILES string of the molecule is CCCCC/C=C\C/C=C\CCCCCCCCC1(CCCCCCCC/C=C\C/C=C\CCCCC)OC2CC[C@H](C)CC2O1. The standard InChI is InChI=1S/C44H78O2/c1-4-6-8-10-12-14-16-18-20-22-24-26-28-30-32-34-38-44(45-42-37-36-41(3)40-43(42)46-44)39-35-33-31-29-27-25-23-21-19-17-15-13-11-9-7-5-2/h12-15,18-21,41-43H,4-11,16-17,22-40H2,1-3H3/b14-12-,15-13-,20-18-,21-19-/t41-,42?,43?/m0/s1. The van der Waals surface area contributed by atoms with Gasteiger partial charge in [-0.05, 0) is 102 Å². The predicted octanol–water partition coefficient (Wildman–Crippen LogP) is 14.7. The van der Waals surface area contributed by atoms with Gasteiger partial charge >= 0.3 is 0 Å². The molecule has 2 unspecified atom stereocenters. The molecule has 2 nitrogen and oxygen atoms in total. The highest BCUT2D eigenvalue weighted by Gasteiger charge is 2.48. The number of allylic oxidation sites excluding steroid dienone is 8.